The zero-order valence-corrected chi connectivity index (χ0v) is 7.77. The monoisotopic (exact) mass is 206 g/mol. The SMILES string of the molecule is COC(=O)[C@H](CO)NC(=O)[C@@H](N)CO. The lowest BCUT2D eigenvalue weighted by atomic mass is 10.2. The molecule has 5 N–H and O–H groups in total. The fourth-order valence-corrected chi connectivity index (χ4v) is 0.683. The van der Waals surface area contributed by atoms with Crippen molar-refractivity contribution in [1.29, 1.82) is 0 Å². The standard InChI is InChI=1S/C7H14N2O5/c1-14-7(13)5(3-11)9-6(12)4(8)2-10/h4-5,10-11H,2-3,8H2,1H3,(H,9,12)/t4-,5-/m0/s1. The van der Waals surface area contributed by atoms with Crippen LogP contribution < -0.4 is 11.1 Å². The van der Waals surface area contributed by atoms with Gasteiger partial charge in [0.05, 0.1) is 20.3 Å². The summed E-state index contributed by atoms with van der Waals surface area (Å²) in [6, 6.07) is -2.26. The van der Waals surface area contributed by atoms with Crippen LogP contribution in [0.5, 0.6) is 0 Å². The Bertz CT molecular complexity index is 208. The van der Waals surface area contributed by atoms with Crippen LogP contribution >= 0.6 is 0 Å². The molecule has 0 bridgehead atoms. The Morgan fingerprint density at radius 2 is 2.00 bits per heavy atom. The average Bonchev–Trinajstić information content (AvgIpc) is 2.22. The van der Waals surface area contributed by atoms with Gasteiger partial charge < -0.3 is 26.0 Å². The van der Waals surface area contributed by atoms with Gasteiger partial charge in [-0.3, -0.25) is 4.79 Å². The molecule has 0 saturated heterocycles. The molecule has 2 atom stereocenters. The van der Waals surface area contributed by atoms with E-state index in [4.69, 9.17) is 15.9 Å². The van der Waals surface area contributed by atoms with Crippen LogP contribution in [0.1, 0.15) is 0 Å². The summed E-state index contributed by atoms with van der Waals surface area (Å²) in [4.78, 5) is 21.9. The lowest BCUT2D eigenvalue weighted by molar-refractivity contribution is -0.146. The normalized spacial score (nSPS) is 14.3. The number of amides is 1. The number of rotatable bonds is 5. The molecule has 7 nitrogen and oxygen atoms in total. The van der Waals surface area contributed by atoms with Gasteiger partial charge >= 0.3 is 5.97 Å². The molecule has 0 unspecified atom stereocenters. The Balaban J connectivity index is 4.18. The number of nitrogens with one attached hydrogen (secondary N) is 1. The molecule has 0 fully saturated rings. The second kappa shape index (κ2) is 6.30. The first-order valence-electron chi connectivity index (χ1n) is 3.92. The predicted molar refractivity (Wildman–Crippen MR) is 46.1 cm³/mol. The zero-order chi connectivity index (χ0) is 11.1. The average molecular weight is 206 g/mol. The molecule has 0 heterocycles. The number of aliphatic hydroxyl groups excluding tert-OH is 2. The van der Waals surface area contributed by atoms with Gasteiger partial charge in [0.15, 0.2) is 6.04 Å². The van der Waals surface area contributed by atoms with Gasteiger partial charge in [0.25, 0.3) is 0 Å². The number of hydrogen-bond donors (Lipinski definition) is 4. The van der Waals surface area contributed by atoms with Crippen LogP contribution in [0.4, 0.5) is 0 Å². The van der Waals surface area contributed by atoms with Gasteiger partial charge in [-0.15, -0.1) is 0 Å². The third-order valence-corrected chi connectivity index (χ3v) is 1.52. The molecular formula is C7H14N2O5. The van der Waals surface area contributed by atoms with E-state index in [1.807, 2.05) is 0 Å². The number of ether oxygens (including phenoxy) is 1. The van der Waals surface area contributed by atoms with E-state index < -0.39 is 37.2 Å². The third kappa shape index (κ3) is 3.69. The second-order valence-corrected chi connectivity index (χ2v) is 2.56. The van der Waals surface area contributed by atoms with Crippen LogP contribution in [-0.2, 0) is 14.3 Å². The molecule has 0 aromatic carbocycles. The topological polar surface area (TPSA) is 122 Å². The molecule has 0 aliphatic heterocycles. The molecule has 0 spiro atoms. The van der Waals surface area contributed by atoms with Crippen molar-refractivity contribution in [2.24, 2.45) is 5.73 Å². The summed E-state index contributed by atoms with van der Waals surface area (Å²) in [5, 5.41) is 19.4. The lowest BCUT2D eigenvalue weighted by Crippen LogP contribution is -2.51. The molecule has 0 aliphatic rings. The first kappa shape index (κ1) is 12.8. The van der Waals surface area contributed by atoms with Crippen molar-refractivity contribution in [2.45, 2.75) is 12.1 Å². The maximum atomic E-state index is 11.0. The summed E-state index contributed by atoms with van der Waals surface area (Å²) in [6.45, 7) is -1.12. The zero-order valence-electron chi connectivity index (χ0n) is 7.77. The predicted octanol–water partition coefficient (Wildman–Crippen LogP) is -3.04. The Morgan fingerprint density at radius 1 is 1.43 bits per heavy atom. The maximum absolute atomic E-state index is 11.0. The summed E-state index contributed by atoms with van der Waals surface area (Å²) in [6.07, 6.45) is 0. The summed E-state index contributed by atoms with van der Waals surface area (Å²) in [7, 11) is 1.13. The molecule has 14 heavy (non-hydrogen) atoms. The van der Waals surface area contributed by atoms with Crippen molar-refractivity contribution in [2.75, 3.05) is 20.3 Å². The number of hydrogen-bond acceptors (Lipinski definition) is 6. The summed E-state index contributed by atoms with van der Waals surface area (Å²) < 4.78 is 4.30. The minimum atomic E-state index is -1.15. The van der Waals surface area contributed by atoms with Crippen LogP contribution in [0.15, 0.2) is 0 Å². The van der Waals surface area contributed by atoms with Crippen LogP contribution in [0, 0.1) is 0 Å². The van der Waals surface area contributed by atoms with Crippen molar-refractivity contribution in [3.8, 4) is 0 Å². The number of aliphatic hydroxyl groups is 2. The quantitative estimate of drug-likeness (QED) is 0.355. The molecule has 1 amide bonds. The number of esters is 1. The Hall–Kier alpha value is -1.18. The highest BCUT2D eigenvalue weighted by molar-refractivity contribution is 5.87. The number of nitrogens with two attached hydrogens (primary N) is 1. The van der Waals surface area contributed by atoms with Crippen molar-refractivity contribution in [1.82, 2.24) is 5.32 Å². The van der Waals surface area contributed by atoms with Crippen LogP contribution in [0.3, 0.4) is 0 Å². The molecule has 0 saturated carbocycles. The molecule has 0 aromatic heterocycles. The summed E-state index contributed by atoms with van der Waals surface area (Å²) in [5.74, 6) is -1.50. The van der Waals surface area contributed by atoms with Crippen LogP contribution in [-0.4, -0.2) is 54.5 Å². The fourth-order valence-electron chi connectivity index (χ4n) is 0.683. The van der Waals surface area contributed by atoms with Crippen molar-refractivity contribution < 1.29 is 24.5 Å². The Kier molecular flexibility index (Phi) is 5.77. The highest BCUT2D eigenvalue weighted by Gasteiger charge is 2.22. The molecule has 0 aliphatic carbocycles. The third-order valence-electron chi connectivity index (χ3n) is 1.52. The van der Waals surface area contributed by atoms with Gasteiger partial charge in [0.1, 0.15) is 6.04 Å². The van der Waals surface area contributed by atoms with E-state index in [2.05, 4.69) is 10.1 Å². The van der Waals surface area contributed by atoms with Gasteiger partial charge in [-0.05, 0) is 0 Å². The smallest absolute Gasteiger partial charge is 0.330 e. The van der Waals surface area contributed by atoms with E-state index in [0.29, 0.717) is 0 Å². The largest absolute Gasteiger partial charge is 0.467 e. The van der Waals surface area contributed by atoms with Gasteiger partial charge in [-0.2, -0.15) is 0 Å². The van der Waals surface area contributed by atoms with Crippen molar-refractivity contribution in [3.63, 3.8) is 0 Å². The van der Waals surface area contributed by atoms with Gasteiger partial charge in [0.2, 0.25) is 5.91 Å². The number of methoxy groups -OCH3 is 1. The van der Waals surface area contributed by atoms with E-state index in [1.54, 1.807) is 0 Å². The van der Waals surface area contributed by atoms with Gasteiger partial charge in [-0.1, -0.05) is 0 Å². The number of carbonyl (C=O) groups is 2. The van der Waals surface area contributed by atoms with E-state index in [-0.39, 0.29) is 0 Å². The maximum Gasteiger partial charge on any atom is 0.330 e. The Labute approximate surface area is 80.8 Å². The van der Waals surface area contributed by atoms with E-state index in [9.17, 15) is 9.59 Å². The van der Waals surface area contributed by atoms with Crippen molar-refractivity contribution in [3.05, 3.63) is 0 Å². The fraction of sp³-hybridized carbons (Fsp3) is 0.714. The first-order valence-corrected chi connectivity index (χ1v) is 3.92. The van der Waals surface area contributed by atoms with Crippen molar-refractivity contribution >= 4 is 11.9 Å². The molecular weight excluding hydrogens is 192 g/mol. The Morgan fingerprint density at radius 3 is 2.36 bits per heavy atom. The minimum Gasteiger partial charge on any atom is -0.467 e. The lowest BCUT2D eigenvalue weighted by Gasteiger charge is -2.15. The number of carbonyl (C=O) groups excluding carboxylic acids is 2. The highest BCUT2D eigenvalue weighted by atomic mass is 16.5. The molecule has 0 radical (unpaired) electrons. The first-order chi connectivity index (χ1) is 6.56. The minimum absolute atomic E-state index is 0.537. The van der Waals surface area contributed by atoms with E-state index in [1.165, 1.54) is 0 Å². The molecule has 0 rings (SSSR count). The van der Waals surface area contributed by atoms with E-state index >= 15 is 0 Å². The highest BCUT2D eigenvalue weighted by Crippen LogP contribution is 1.88. The van der Waals surface area contributed by atoms with E-state index in [0.717, 1.165) is 7.11 Å². The van der Waals surface area contributed by atoms with Gasteiger partial charge in [-0.25, -0.2) is 4.79 Å². The van der Waals surface area contributed by atoms with Crippen LogP contribution in [0.25, 0.3) is 0 Å². The van der Waals surface area contributed by atoms with Crippen LogP contribution in [0.2, 0.25) is 0 Å². The van der Waals surface area contributed by atoms with Gasteiger partial charge in [0, 0.05) is 0 Å². The molecule has 82 valence electrons. The summed E-state index contributed by atoms with van der Waals surface area (Å²) in [5.41, 5.74) is 5.17. The summed E-state index contributed by atoms with van der Waals surface area (Å²) >= 11 is 0. The second-order valence-electron chi connectivity index (χ2n) is 2.56. The molecule has 0 aromatic rings. The molecule has 7 heteroatoms.